The number of rotatable bonds is 1. The monoisotopic (exact) mass is 238 g/mol. The third-order valence-corrected chi connectivity index (χ3v) is 2.87. The van der Waals surface area contributed by atoms with E-state index in [9.17, 15) is 18.0 Å². The number of piperidine rings is 1. The molecule has 0 aromatic rings. The summed E-state index contributed by atoms with van der Waals surface area (Å²) in [6.45, 7) is 2.47. The molecule has 2 amide bonds. The van der Waals surface area contributed by atoms with Gasteiger partial charge in [0.15, 0.2) is 0 Å². The van der Waals surface area contributed by atoms with Gasteiger partial charge < -0.3 is 10.2 Å². The van der Waals surface area contributed by atoms with Crippen LogP contribution in [-0.4, -0.2) is 35.7 Å². The van der Waals surface area contributed by atoms with Crippen LogP contribution >= 0.6 is 0 Å². The summed E-state index contributed by atoms with van der Waals surface area (Å²) < 4.78 is 35.8. The SMILES string of the molecule is CC1CCCC(C)N1C(=O)NCC(F)(F)F. The Bertz CT molecular complexity index is 245. The number of carbonyl (C=O) groups is 1. The number of alkyl halides is 3. The lowest BCUT2D eigenvalue weighted by Gasteiger charge is -2.38. The molecule has 0 saturated carbocycles. The van der Waals surface area contributed by atoms with Crippen molar-refractivity contribution in [2.45, 2.75) is 51.4 Å². The fraction of sp³-hybridized carbons (Fsp3) is 0.900. The van der Waals surface area contributed by atoms with Crippen LogP contribution < -0.4 is 5.32 Å². The average molecular weight is 238 g/mol. The maximum Gasteiger partial charge on any atom is 0.405 e. The zero-order valence-corrected chi connectivity index (χ0v) is 9.47. The van der Waals surface area contributed by atoms with Crippen LogP contribution in [0.25, 0.3) is 0 Å². The quantitative estimate of drug-likeness (QED) is 0.748. The normalized spacial score (nSPS) is 26.7. The summed E-state index contributed by atoms with van der Waals surface area (Å²) in [7, 11) is 0. The van der Waals surface area contributed by atoms with Gasteiger partial charge in [-0.1, -0.05) is 0 Å². The minimum Gasteiger partial charge on any atom is -0.329 e. The molecule has 1 saturated heterocycles. The number of carbonyl (C=O) groups excluding carboxylic acids is 1. The maximum atomic E-state index is 11.9. The van der Waals surface area contributed by atoms with Crippen LogP contribution in [0.3, 0.4) is 0 Å². The van der Waals surface area contributed by atoms with Gasteiger partial charge in [-0.25, -0.2) is 4.79 Å². The van der Waals surface area contributed by atoms with Crippen molar-refractivity contribution >= 4 is 6.03 Å². The predicted octanol–water partition coefficient (Wildman–Crippen LogP) is 2.52. The molecular weight excluding hydrogens is 221 g/mol. The highest BCUT2D eigenvalue weighted by Crippen LogP contribution is 2.22. The molecule has 2 atom stereocenters. The van der Waals surface area contributed by atoms with Crippen molar-refractivity contribution in [3.05, 3.63) is 0 Å². The highest BCUT2D eigenvalue weighted by molar-refractivity contribution is 5.75. The van der Waals surface area contributed by atoms with Crippen molar-refractivity contribution in [2.24, 2.45) is 0 Å². The Morgan fingerprint density at radius 2 is 1.81 bits per heavy atom. The Kier molecular flexibility index (Phi) is 4.04. The molecule has 6 heteroatoms. The van der Waals surface area contributed by atoms with Crippen molar-refractivity contribution in [1.29, 1.82) is 0 Å². The highest BCUT2D eigenvalue weighted by Gasteiger charge is 2.32. The van der Waals surface area contributed by atoms with Crippen LogP contribution in [0.2, 0.25) is 0 Å². The summed E-state index contributed by atoms with van der Waals surface area (Å²) in [6.07, 6.45) is -1.63. The van der Waals surface area contributed by atoms with Crippen LogP contribution in [-0.2, 0) is 0 Å². The lowest BCUT2D eigenvalue weighted by molar-refractivity contribution is -0.123. The smallest absolute Gasteiger partial charge is 0.329 e. The molecule has 1 rings (SSSR count). The maximum absolute atomic E-state index is 11.9. The second-order valence-electron chi connectivity index (χ2n) is 4.31. The standard InChI is InChI=1S/C10H17F3N2O/c1-7-4-3-5-8(2)15(7)9(16)14-6-10(11,12)13/h7-8H,3-6H2,1-2H3,(H,14,16). The molecule has 94 valence electrons. The molecule has 0 spiro atoms. The van der Waals surface area contributed by atoms with Crippen molar-refractivity contribution < 1.29 is 18.0 Å². The molecule has 0 aliphatic carbocycles. The van der Waals surface area contributed by atoms with Crippen LogP contribution in [0, 0.1) is 0 Å². The second kappa shape index (κ2) is 4.93. The van der Waals surface area contributed by atoms with Crippen LogP contribution in [0.15, 0.2) is 0 Å². The van der Waals surface area contributed by atoms with Gasteiger partial charge in [-0.15, -0.1) is 0 Å². The fourth-order valence-corrected chi connectivity index (χ4v) is 2.09. The van der Waals surface area contributed by atoms with Crippen LogP contribution in [0.5, 0.6) is 0 Å². The first-order valence-corrected chi connectivity index (χ1v) is 5.44. The van der Waals surface area contributed by atoms with Crippen molar-refractivity contribution in [1.82, 2.24) is 10.2 Å². The van der Waals surface area contributed by atoms with Crippen LogP contribution in [0.4, 0.5) is 18.0 Å². The van der Waals surface area contributed by atoms with Gasteiger partial charge in [-0.2, -0.15) is 13.2 Å². The predicted molar refractivity (Wildman–Crippen MR) is 54.1 cm³/mol. The minimum absolute atomic E-state index is 0.0111. The van der Waals surface area contributed by atoms with Gasteiger partial charge in [0.25, 0.3) is 0 Å². The molecule has 0 bridgehead atoms. The highest BCUT2D eigenvalue weighted by atomic mass is 19.4. The molecule has 1 aliphatic rings. The largest absolute Gasteiger partial charge is 0.405 e. The van der Waals surface area contributed by atoms with E-state index in [-0.39, 0.29) is 12.1 Å². The minimum atomic E-state index is -4.35. The molecule has 0 aromatic heterocycles. The molecule has 1 heterocycles. The van der Waals surface area contributed by atoms with Crippen molar-refractivity contribution in [3.63, 3.8) is 0 Å². The zero-order chi connectivity index (χ0) is 12.3. The van der Waals surface area contributed by atoms with E-state index < -0.39 is 18.8 Å². The summed E-state index contributed by atoms with van der Waals surface area (Å²) in [5.74, 6) is 0. The van der Waals surface area contributed by atoms with Gasteiger partial charge >= 0.3 is 12.2 Å². The third kappa shape index (κ3) is 3.57. The Balaban J connectivity index is 2.51. The van der Waals surface area contributed by atoms with E-state index in [0.717, 1.165) is 19.3 Å². The van der Waals surface area contributed by atoms with E-state index in [4.69, 9.17) is 0 Å². The summed E-state index contributed by atoms with van der Waals surface area (Å²) in [4.78, 5) is 13.1. The van der Waals surface area contributed by atoms with Crippen molar-refractivity contribution in [3.8, 4) is 0 Å². The number of nitrogens with zero attached hydrogens (tertiary/aromatic N) is 1. The molecule has 1 aliphatic heterocycles. The number of hydrogen-bond donors (Lipinski definition) is 1. The molecular formula is C10H17F3N2O. The summed E-state index contributed by atoms with van der Waals surface area (Å²) >= 11 is 0. The second-order valence-corrected chi connectivity index (χ2v) is 4.31. The van der Waals surface area contributed by atoms with Gasteiger partial charge in [0.05, 0.1) is 0 Å². The van der Waals surface area contributed by atoms with Gasteiger partial charge in [0.1, 0.15) is 6.54 Å². The topological polar surface area (TPSA) is 32.3 Å². The number of halogens is 3. The van der Waals surface area contributed by atoms with Gasteiger partial charge in [0, 0.05) is 12.1 Å². The first kappa shape index (κ1) is 13.1. The summed E-state index contributed by atoms with van der Waals surface area (Å²) in [5, 5.41) is 1.92. The van der Waals surface area contributed by atoms with E-state index in [1.165, 1.54) is 4.90 Å². The van der Waals surface area contributed by atoms with E-state index in [0.29, 0.717) is 0 Å². The Labute approximate surface area is 93.0 Å². The van der Waals surface area contributed by atoms with Crippen molar-refractivity contribution in [2.75, 3.05) is 6.54 Å². The number of urea groups is 1. The molecule has 1 N–H and O–H groups in total. The summed E-state index contributed by atoms with van der Waals surface area (Å²) in [6, 6.07) is -0.592. The fourth-order valence-electron chi connectivity index (χ4n) is 2.09. The number of nitrogens with one attached hydrogen (secondary N) is 1. The molecule has 0 radical (unpaired) electrons. The molecule has 2 unspecified atom stereocenters. The van der Waals surface area contributed by atoms with Gasteiger partial charge in [-0.05, 0) is 33.1 Å². The average Bonchev–Trinajstić information content (AvgIpc) is 2.13. The molecule has 3 nitrogen and oxygen atoms in total. The van der Waals surface area contributed by atoms with E-state index in [2.05, 4.69) is 0 Å². The number of amides is 2. The molecule has 16 heavy (non-hydrogen) atoms. The molecule has 1 fully saturated rings. The lowest BCUT2D eigenvalue weighted by atomic mass is 9.98. The summed E-state index contributed by atoms with van der Waals surface area (Å²) in [5.41, 5.74) is 0. The Morgan fingerprint density at radius 1 is 1.31 bits per heavy atom. The first-order chi connectivity index (χ1) is 7.31. The Morgan fingerprint density at radius 3 is 2.25 bits per heavy atom. The van der Waals surface area contributed by atoms with E-state index in [1.807, 2.05) is 19.2 Å². The van der Waals surface area contributed by atoms with E-state index in [1.54, 1.807) is 0 Å². The van der Waals surface area contributed by atoms with Gasteiger partial charge in [0.2, 0.25) is 0 Å². The lowest BCUT2D eigenvalue weighted by Crippen LogP contribution is -2.53. The third-order valence-electron chi connectivity index (χ3n) is 2.87. The first-order valence-electron chi connectivity index (χ1n) is 5.44. The van der Waals surface area contributed by atoms with Crippen LogP contribution in [0.1, 0.15) is 33.1 Å². The number of hydrogen-bond acceptors (Lipinski definition) is 1. The Hall–Kier alpha value is -0.940. The van der Waals surface area contributed by atoms with E-state index >= 15 is 0 Å². The zero-order valence-electron chi connectivity index (χ0n) is 9.47. The molecule has 0 aromatic carbocycles. The number of likely N-dealkylation sites (tertiary alicyclic amines) is 1. The van der Waals surface area contributed by atoms with Gasteiger partial charge in [-0.3, -0.25) is 0 Å².